The van der Waals surface area contributed by atoms with Gasteiger partial charge in [-0.15, -0.1) is 0 Å². The molecule has 0 aliphatic rings. The number of carbonyl (C=O) groups excluding carboxylic acids is 4. The molecule has 4 aromatic carbocycles. The number of benzene rings is 4. The second kappa shape index (κ2) is 16.5. The zero-order valence-electron chi connectivity index (χ0n) is 23.5. The molecule has 224 valence electrons. The van der Waals surface area contributed by atoms with Crippen LogP contribution in [0.15, 0.2) is 133 Å². The molecule has 0 heterocycles. The van der Waals surface area contributed by atoms with E-state index in [4.69, 9.17) is 18.9 Å². The minimum atomic E-state index is -0.828. The quantitative estimate of drug-likeness (QED) is 0.158. The summed E-state index contributed by atoms with van der Waals surface area (Å²) in [6.45, 7) is -0.453. The maximum absolute atomic E-state index is 12.5. The summed E-state index contributed by atoms with van der Waals surface area (Å²) >= 11 is 0. The van der Waals surface area contributed by atoms with Gasteiger partial charge < -0.3 is 29.6 Å². The van der Waals surface area contributed by atoms with E-state index >= 15 is 0 Å². The zero-order chi connectivity index (χ0) is 31.0. The van der Waals surface area contributed by atoms with Crippen LogP contribution in [0.25, 0.3) is 0 Å². The molecule has 0 aliphatic carbocycles. The van der Waals surface area contributed by atoms with Gasteiger partial charge in [0.1, 0.15) is 24.7 Å². The summed E-state index contributed by atoms with van der Waals surface area (Å²) in [4.78, 5) is 49.7. The van der Waals surface area contributed by atoms with Gasteiger partial charge in [0.05, 0.1) is 12.1 Å². The largest absolute Gasteiger partial charge is 0.460 e. The highest BCUT2D eigenvalue weighted by Gasteiger charge is 2.19. The third-order valence-corrected chi connectivity index (χ3v) is 6.04. The van der Waals surface area contributed by atoms with Crippen molar-refractivity contribution in [2.75, 3.05) is 13.2 Å². The van der Waals surface area contributed by atoms with Crippen LogP contribution in [0, 0.1) is 0 Å². The molecule has 4 aromatic rings. The van der Waals surface area contributed by atoms with Crippen molar-refractivity contribution in [3.8, 4) is 11.5 Å². The molecule has 0 unspecified atom stereocenters. The van der Waals surface area contributed by atoms with Crippen molar-refractivity contribution >= 4 is 24.1 Å². The molecular weight excluding hydrogens is 564 g/mol. The normalized spacial score (nSPS) is 11.9. The monoisotopic (exact) mass is 594 g/mol. The number of ether oxygens (including phenoxy) is 4. The van der Waals surface area contributed by atoms with Crippen LogP contribution in [0.2, 0.25) is 0 Å². The fourth-order valence-corrected chi connectivity index (χ4v) is 3.91. The first-order valence-electron chi connectivity index (χ1n) is 13.6. The minimum absolute atomic E-state index is 0.227. The van der Waals surface area contributed by atoms with Gasteiger partial charge in [-0.25, -0.2) is 19.2 Å². The summed E-state index contributed by atoms with van der Waals surface area (Å²) in [6, 6.07) is 33.4. The number of para-hydroxylation sites is 2. The molecule has 2 N–H and O–H groups in total. The summed E-state index contributed by atoms with van der Waals surface area (Å²) in [5.74, 6) is -0.948. The van der Waals surface area contributed by atoms with Crippen molar-refractivity contribution in [2.45, 2.75) is 12.1 Å². The molecular formula is C34H30N2O8. The SMILES string of the molecule is O=C(/C=C/C(=O)OC[C@@H](NC(=O)Oc1ccccc1)c1ccccc1)OC[C@@H](NC(=O)Oc1ccccc1)c1ccccc1. The molecule has 0 radical (unpaired) electrons. The Morgan fingerprint density at radius 3 is 1.16 bits per heavy atom. The van der Waals surface area contributed by atoms with Gasteiger partial charge in [-0.3, -0.25) is 0 Å². The number of hydrogen-bond donors (Lipinski definition) is 2. The van der Waals surface area contributed by atoms with E-state index in [1.165, 1.54) is 0 Å². The van der Waals surface area contributed by atoms with E-state index in [0.717, 1.165) is 12.2 Å². The minimum Gasteiger partial charge on any atom is -0.460 e. The summed E-state index contributed by atoms with van der Waals surface area (Å²) in [5, 5.41) is 5.36. The highest BCUT2D eigenvalue weighted by molar-refractivity contribution is 5.91. The molecule has 2 atom stereocenters. The molecule has 10 heteroatoms. The van der Waals surface area contributed by atoms with Crippen LogP contribution in [-0.2, 0) is 19.1 Å². The lowest BCUT2D eigenvalue weighted by molar-refractivity contribution is -0.141. The fourth-order valence-electron chi connectivity index (χ4n) is 3.91. The van der Waals surface area contributed by atoms with Gasteiger partial charge in [0.2, 0.25) is 0 Å². The molecule has 2 amide bonds. The predicted molar refractivity (Wildman–Crippen MR) is 161 cm³/mol. The van der Waals surface area contributed by atoms with Crippen LogP contribution >= 0.6 is 0 Å². The predicted octanol–water partition coefficient (Wildman–Crippen LogP) is 5.69. The van der Waals surface area contributed by atoms with Gasteiger partial charge >= 0.3 is 24.1 Å². The standard InChI is InChI=1S/C34H30N2O8/c37-31(41-23-29(25-13-5-1-6-14-25)35-33(39)43-27-17-9-3-10-18-27)21-22-32(38)42-24-30(26-15-7-2-8-16-26)36-34(40)44-28-19-11-4-12-20-28/h1-22,29-30H,23-24H2,(H,35,39)(H,36,40)/b22-21+/t29-,30-/m1/s1. The van der Waals surface area contributed by atoms with E-state index in [0.29, 0.717) is 22.6 Å². The number of esters is 2. The van der Waals surface area contributed by atoms with Crippen molar-refractivity contribution < 1.29 is 38.1 Å². The molecule has 0 bridgehead atoms. The van der Waals surface area contributed by atoms with Crippen molar-refractivity contribution in [1.82, 2.24) is 10.6 Å². The van der Waals surface area contributed by atoms with Crippen molar-refractivity contribution in [2.24, 2.45) is 0 Å². The zero-order valence-corrected chi connectivity index (χ0v) is 23.5. The first-order valence-corrected chi connectivity index (χ1v) is 13.6. The van der Waals surface area contributed by atoms with Crippen LogP contribution < -0.4 is 20.1 Å². The van der Waals surface area contributed by atoms with Crippen molar-refractivity contribution in [3.05, 3.63) is 145 Å². The summed E-state index contributed by atoms with van der Waals surface area (Å²) in [5.41, 5.74) is 1.36. The number of rotatable bonds is 12. The second-order valence-corrected chi connectivity index (χ2v) is 9.21. The molecule has 0 aromatic heterocycles. The van der Waals surface area contributed by atoms with Gasteiger partial charge in [0, 0.05) is 12.2 Å². The third kappa shape index (κ3) is 10.5. The molecule has 4 rings (SSSR count). The maximum Gasteiger partial charge on any atom is 0.413 e. The lowest BCUT2D eigenvalue weighted by Gasteiger charge is -2.19. The summed E-state index contributed by atoms with van der Waals surface area (Å²) in [6.07, 6.45) is 0.381. The number of nitrogens with one attached hydrogen (secondary N) is 2. The Kier molecular flexibility index (Phi) is 11.7. The Hall–Kier alpha value is -5.90. The first-order chi connectivity index (χ1) is 21.5. The van der Waals surface area contributed by atoms with E-state index in [2.05, 4.69) is 10.6 Å². The second-order valence-electron chi connectivity index (χ2n) is 9.21. The summed E-state index contributed by atoms with van der Waals surface area (Å²) in [7, 11) is 0. The van der Waals surface area contributed by atoms with Crippen LogP contribution in [0.4, 0.5) is 9.59 Å². The van der Waals surface area contributed by atoms with E-state index < -0.39 is 36.2 Å². The molecule has 44 heavy (non-hydrogen) atoms. The maximum atomic E-state index is 12.5. The van der Waals surface area contributed by atoms with Crippen LogP contribution in [-0.4, -0.2) is 37.3 Å². The number of carbonyl (C=O) groups is 4. The lowest BCUT2D eigenvalue weighted by Crippen LogP contribution is -2.34. The Morgan fingerprint density at radius 1 is 0.500 bits per heavy atom. The van der Waals surface area contributed by atoms with Crippen LogP contribution in [0.5, 0.6) is 11.5 Å². The van der Waals surface area contributed by atoms with E-state index in [1.807, 2.05) is 12.1 Å². The van der Waals surface area contributed by atoms with Gasteiger partial charge in [-0.05, 0) is 35.4 Å². The van der Waals surface area contributed by atoms with E-state index in [9.17, 15) is 19.2 Å². The molecule has 0 aliphatic heterocycles. The van der Waals surface area contributed by atoms with Gasteiger partial charge in [0.15, 0.2) is 0 Å². The Morgan fingerprint density at radius 2 is 0.818 bits per heavy atom. The first kappa shape index (κ1) is 31.0. The topological polar surface area (TPSA) is 129 Å². The number of hydrogen-bond acceptors (Lipinski definition) is 8. The van der Waals surface area contributed by atoms with Crippen molar-refractivity contribution in [3.63, 3.8) is 0 Å². The highest BCUT2D eigenvalue weighted by Crippen LogP contribution is 2.17. The van der Waals surface area contributed by atoms with Crippen LogP contribution in [0.3, 0.4) is 0 Å². The smallest absolute Gasteiger partial charge is 0.413 e. The molecule has 0 spiro atoms. The average Bonchev–Trinajstić information content (AvgIpc) is 3.05. The summed E-state index contributed by atoms with van der Waals surface area (Å²) < 4.78 is 21.1. The van der Waals surface area contributed by atoms with Gasteiger partial charge in [-0.1, -0.05) is 97.1 Å². The average molecular weight is 595 g/mol. The van der Waals surface area contributed by atoms with Crippen molar-refractivity contribution in [1.29, 1.82) is 0 Å². The Bertz CT molecular complexity index is 1410. The van der Waals surface area contributed by atoms with Gasteiger partial charge in [-0.2, -0.15) is 0 Å². The van der Waals surface area contributed by atoms with E-state index in [1.54, 1.807) is 109 Å². The molecule has 0 fully saturated rings. The Balaban J connectivity index is 1.29. The molecule has 0 saturated heterocycles. The van der Waals surface area contributed by atoms with Crippen LogP contribution in [0.1, 0.15) is 23.2 Å². The lowest BCUT2D eigenvalue weighted by atomic mass is 10.1. The third-order valence-electron chi connectivity index (χ3n) is 6.04. The van der Waals surface area contributed by atoms with Gasteiger partial charge in [0.25, 0.3) is 0 Å². The highest BCUT2D eigenvalue weighted by atomic mass is 16.6. The van der Waals surface area contributed by atoms with E-state index in [-0.39, 0.29) is 13.2 Å². The molecule has 10 nitrogen and oxygen atoms in total. The fraction of sp³-hybridized carbons (Fsp3) is 0.118. The Labute approximate surface area is 254 Å². The number of amides is 2. The molecule has 0 saturated carbocycles.